The molecule has 0 radical (unpaired) electrons. The van der Waals surface area contributed by atoms with E-state index in [0.717, 1.165) is 48.2 Å². The van der Waals surface area contributed by atoms with Crippen LogP contribution in [0.5, 0.6) is 5.75 Å². The molecule has 0 saturated heterocycles. The summed E-state index contributed by atoms with van der Waals surface area (Å²) in [5.74, 6) is 6.89. The molecule has 5 aromatic rings. The molecule has 1 aliphatic rings. The highest BCUT2D eigenvalue weighted by Crippen LogP contribution is 2.46. The molecular weight excluding hydrogens is 621 g/mol. The summed E-state index contributed by atoms with van der Waals surface area (Å²) in [6.07, 6.45) is 4.01. The zero-order valence-electron chi connectivity index (χ0n) is 24.0. The lowest BCUT2D eigenvalue weighted by atomic mass is 10.0. The molecule has 0 aliphatic heterocycles. The van der Waals surface area contributed by atoms with Crippen LogP contribution in [0.2, 0.25) is 15.1 Å². The van der Waals surface area contributed by atoms with Crippen LogP contribution in [0.3, 0.4) is 0 Å². The van der Waals surface area contributed by atoms with Gasteiger partial charge in [0.2, 0.25) is 0 Å². The quantitative estimate of drug-likeness (QED) is 0.162. The van der Waals surface area contributed by atoms with Gasteiger partial charge in [-0.05, 0) is 69.4 Å². The van der Waals surface area contributed by atoms with E-state index in [1.54, 1.807) is 48.5 Å². The Morgan fingerprint density at radius 1 is 1.05 bits per heavy atom. The van der Waals surface area contributed by atoms with Crippen LogP contribution in [-0.4, -0.2) is 46.3 Å². The molecule has 10 heteroatoms. The van der Waals surface area contributed by atoms with Crippen LogP contribution in [0.1, 0.15) is 51.6 Å². The Labute approximate surface area is 269 Å². The highest BCUT2D eigenvalue weighted by atomic mass is 35.5. The number of likely N-dealkylation sites (N-methyl/N-ethyl adjacent to an activating group) is 1. The molecule has 2 heterocycles. The Kier molecular flexibility index (Phi) is 8.61. The van der Waals surface area contributed by atoms with Crippen LogP contribution in [0.15, 0.2) is 65.3 Å². The number of rotatable bonds is 9. The molecule has 0 bridgehead atoms. The van der Waals surface area contributed by atoms with E-state index in [9.17, 15) is 9.90 Å². The maximum absolute atomic E-state index is 11.9. The van der Waals surface area contributed by atoms with Crippen molar-refractivity contribution >= 4 is 51.7 Å². The summed E-state index contributed by atoms with van der Waals surface area (Å²) in [6.45, 7) is 1.74. The lowest BCUT2D eigenvalue weighted by molar-refractivity contribution is 0.0697. The molecule has 1 fully saturated rings. The summed E-state index contributed by atoms with van der Waals surface area (Å²) in [7, 11) is 4.00. The minimum atomic E-state index is -1.01. The smallest absolute Gasteiger partial charge is 0.335 e. The molecule has 1 saturated carbocycles. The number of fused-ring (bicyclic) bond motifs is 1. The van der Waals surface area contributed by atoms with E-state index >= 15 is 0 Å². The molecule has 1 aliphatic carbocycles. The SMILES string of the molecule is CN(C)CCn1ccc2c(C#Cc3ccc(OCc4c(-c5c(Cl)cccc5Cl)noc4C4CC4)cc3Cl)cc(C(=O)O)cc21. The highest BCUT2D eigenvalue weighted by molar-refractivity contribution is 6.39. The van der Waals surface area contributed by atoms with Gasteiger partial charge in [-0.15, -0.1) is 0 Å². The first-order valence-electron chi connectivity index (χ1n) is 14.1. The number of carbonyl (C=O) groups is 1. The summed E-state index contributed by atoms with van der Waals surface area (Å²) in [6, 6.07) is 15.8. The van der Waals surface area contributed by atoms with Gasteiger partial charge >= 0.3 is 5.97 Å². The van der Waals surface area contributed by atoms with E-state index < -0.39 is 5.97 Å². The zero-order valence-corrected chi connectivity index (χ0v) is 26.3. The summed E-state index contributed by atoms with van der Waals surface area (Å²) in [5, 5.41) is 16.3. The number of carboxylic acid groups (broad SMARTS) is 1. The topological polar surface area (TPSA) is 80.7 Å². The number of aromatic carboxylic acids is 1. The van der Waals surface area contributed by atoms with Crippen LogP contribution in [-0.2, 0) is 13.2 Å². The van der Waals surface area contributed by atoms with Crippen molar-refractivity contribution in [3.63, 3.8) is 0 Å². The predicted molar refractivity (Wildman–Crippen MR) is 173 cm³/mol. The Bertz CT molecular complexity index is 1930. The van der Waals surface area contributed by atoms with Crippen LogP contribution in [0.25, 0.3) is 22.2 Å². The van der Waals surface area contributed by atoms with Gasteiger partial charge < -0.3 is 23.8 Å². The van der Waals surface area contributed by atoms with Gasteiger partial charge in [0, 0.05) is 53.3 Å². The largest absolute Gasteiger partial charge is 0.489 e. The lowest BCUT2D eigenvalue weighted by Gasteiger charge is -2.11. The lowest BCUT2D eigenvalue weighted by Crippen LogP contribution is -2.18. The van der Waals surface area contributed by atoms with E-state index in [1.807, 2.05) is 30.9 Å². The van der Waals surface area contributed by atoms with Crippen molar-refractivity contribution in [1.82, 2.24) is 14.6 Å². The second-order valence-corrected chi connectivity index (χ2v) is 12.2. The third-order valence-corrected chi connectivity index (χ3v) is 8.49. The second kappa shape index (κ2) is 12.6. The molecule has 2 aromatic heterocycles. The van der Waals surface area contributed by atoms with E-state index in [-0.39, 0.29) is 12.2 Å². The van der Waals surface area contributed by atoms with Crippen molar-refractivity contribution in [1.29, 1.82) is 0 Å². The number of benzene rings is 3. The van der Waals surface area contributed by atoms with Crippen molar-refractivity contribution in [2.75, 3.05) is 20.6 Å². The second-order valence-electron chi connectivity index (χ2n) is 11.0. The number of ether oxygens (including phenoxy) is 1. The first-order chi connectivity index (χ1) is 21.2. The number of hydrogen-bond donors (Lipinski definition) is 1. The molecule has 7 nitrogen and oxygen atoms in total. The molecule has 44 heavy (non-hydrogen) atoms. The summed E-state index contributed by atoms with van der Waals surface area (Å²) in [5.41, 5.74) is 4.20. The monoisotopic (exact) mass is 647 g/mol. The number of carboxylic acids is 1. The van der Waals surface area contributed by atoms with Gasteiger partial charge in [-0.25, -0.2) is 4.79 Å². The van der Waals surface area contributed by atoms with Gasteiger partial charge in [-0.2, -0.15) is 0 Å². The number of halogens is 3. The number of hydrogen-bond acceptors (Lipinski definition) is 5. The van der Waals surface area contributed by atoms with E-state index in [4.69, 9.17) is 44.1 Å². The summed E-state index contributed by atoms with van der Waals surface area (Å²) >= 11 is 19.6. The van der Waals surface area contributed by atoms with Crippen molar-refractivity contribution in [2.24, 2.45) is 0 Å². The predicted octanol–water partition coefficient (Wildman–Crippen LogP) is 8.37. The Morgan fingerprint density at radius 3 is 2.48 bits per heavy atom. The van der Waals surface area contributed by atoms with Crippen molar-refractivity contribution in [3.05, 3.63) is 104 Å². The molecule has 0 atom stereocenters. The maximum atomic E-state index is 11.9. The summed E-state index contributed by atoms with van der Waals surface area (Å²) < 4.78 is 13.9. The molecular formula is C34H28Cl3N3O4. The fourth-order valence-electron chi connectivity index (χ4n) is 5.05. The molecule has 0 unspecified atom stereocenters. The average molecular weight is 649 g/mol. The van der Waals surface area contributed by atoms with Crippen molar-refractivity contribution in [2.45, 2.75) is 31.9 Å². The van der Waals surface area contributed by atoms with Crippen LogP contribution >= 0.6 is 34.8 Å². The third kappa shape index (κ3) is 6.31. The fraction of sp³-hybridized carbons (Fsp3) is 0.235. The first kappa shape index (κ1) is 30.1. The van der Waals surface area contributed by atoms with Gasteiger partial charge in [0.25, 0.3) is 0 Å². The van der Waals surface area contributed by atoms with Crippen molar-refractivity contribution in [3.8, 4) is 28.8 Å². The summed E-state index contributed by atoms with van der Waals surface area (Å²) in [4.78, 5) is 14.0. The van der Waals surface area contributed by atoms with Gasteiger partial charge in [0.15, 0.2) is 0 Å². The molecule has 224 valence electrons. The number of aromatic nitrogens is 2. The first-order valence-corrected chi connectivity index (χ1v) is 15.2. The van der Waals surface area contributed by atoms with E-state index in [2.05, 4.69) is 21.9 Å². The molecule has 0 amide bonds. The van der Waals surface area contributed by atoms with Gasteiger partial charge in [0.1, 0.15) is 23.8 Å². The molecule has 1 N–H and O–H groups in total. The Balaban J connectivity index is 1.26. The Morgan fingerprint density at radius 2 is 1.80 bits per heavy atom. The average Bonchev–Trinajstić information content (AvgIpc) is 3.62. The standard InChI is InChI=1S/C34H28Cl3N3O4/c1-39(2)14-15-40-13-12-25-22(16-23(34(41)42)17-30(25)40)9-6-20-10-11-24(18-29(20)37)43-19-26-32(38-44-33(26)21-7-8-21)31-27(35)4-3-5-28(31)36/h3-5,10-13,16-18,21H,7-8,14-15,19H2,1-2H3,(H,41,42). The minimum absolute atomic E-state index is 0.179. The molecule has 6 rings (SSSR count). The zero-order chi connectivity index (χ0) is 31.0. The minimum Gasteiger partial charge on any atom is -0.489 e. The van der Waals surface area contributed by atoms with Crippen molar-refractivity contribution < 1.29 is 19.2 Å². The van der Waals surface area contributed by atoms with E-state index in [1.165, 1.54) is 0 Å². The van der Waals surface area contributed by atoms with Crippen LogP contribution < -0.4 is 4.74 Å². The Hall–Kier alpha value is -3.93. The van der Waals surface area contributed by atoms with Gasteiger partial charge in [-0.1, -0.05) is 57.9 Å². The highest BCUT2D eigenvalue weighted by Gasteiger charge is 2.33. The number of nitrogens with zero attached hydrogens (tertiary/aromatic N) is 3. The van der Waals surface area contributed by atoms with Gasteiger partial charge in [-0.3, -0.25) is 0 Å². The third-order valence-electron chi connectivity index (χ3n) is 7.55. The van der Waals surface area contributed by atoms with E-state index in [0.29, 0.717) is 49.1 Å². The van der Waals surface area contributed by atoms with Crippen LogP contribution in [0, 0.1) is 11.8 Å². The van der Waals surface area contributed by atoms with Gasteiger partial charge in [0.05, 0.1) is 31.7 Å². The maximum Gasteiger partial charge on any atom is 0.335 e. The molecule has 3 aromatic carbocycles. The fourth-order valence-corrected chi connectivity index (χ4v) is 5.84. The normalized spacial score (nSPS) is 12.9. The molecule has 0 spiro atoms. The van der Waals surface area contributed by atoms with Crippen LogP contribution in [0.4, 0.5) is 0 Å².